The third-order valence-electron chi connectivity index (χ3n) is 3.42. The van der Waals surface area contributed by atoms with Crippen molar-refractivity contribution in [1.82, 2.24) is 10.2 Å². The van der Waals surface area contributed by atoms with Crippen molar-refractivity contribution in [1.29, 1.82) is 0 Å². The van der Waals surface area contributed by atoms with Gasteiger partial charge in [0.1, 0.15) is 6.04 Å². The quantitative estimate of drug-likeness (QED) is 0.870. The van der Waals surface area contributed by atoms with E-state index in [4.69, 9.17) is 27.9 Å². The molecule has 1 aromatic rings. The number of benzene rings is 1. The first-order valence-corrected chi connectivity index (χ1v) is 7.36. The van der Waals surface area contributed by atoms with Gasteiger partial charge in [0.2, 0.25) is 0 Å². The van der Waals surface area contributed by atoms with Crippen LogP contribution in [0.3, 0.4) is 0 Å². The molecule has 20 heavy (non-hydrogen) atoms. The Morgan fingerprint density at radius 3 is 2.85 bits per heavy atom. The van der Waals surface area contributed by atoms with Crippen LogP contribution in [0.2, 0.25) is 10.0 Å². The van der Waals surface area contributed by atoms with Crippen LogP contribution in [0.1, 0.15) is 18.0 Å². The normalized spacial score (nSPS) is 18.4. The summed E-state index contributed by atoms with van der Waals surface area (Å²) in [6.07, 6.45) is 0.985. The van der Waals surface area contributed by atoms with Crippen molar-refractivity contribution < 1.29 is 9.53 Å². The van der Waals surface area contributed by atoms with E-state index in [9.17, 15) is 4.79 Å². The summed E-state index contributed by atoms with van der Waals surface area (Å²) in [5, 5.41) is 4.36. The Labute approximate surface area is 129 Å². The molecule has 0 spiro atoms. The van der Waals surface area contributed by atoms with Gasteiger partial charge in [-0.15, -0.1) is 0 Å². The molecule has 0 amide bonds. The third kappa shape index (κ3) is 3.64. The monoisotopic (exact) mass is 316 g/mol. The van der Waals surface area contributed by atoms with Crippen LogP contribution in [0.15, 0.2) is 18.2 Å². The minimum absolute atomic E-state index is 0.295. The van der Waals surface area contributed by atoms with Crippen LogP contribution in [0.25, 0.3) is 0 Å². The Morgan fingerprint density at radius 1 is 1.35 bits per heavy atom. The first-order valence-electron chi connectivity index (χ1n) is 6.61. The molecule has 0 radical (unpaired) electrons. The van der Waals surface area contributed by atoms with Crippen molar-refractivity contribution in [2.24, 2.45) is 0 Å². The van der Waals surface area contributed by atoms with Gasteiger partial charge in [-0.2, -0.15) is 0 Å². The van der Waals surface area contributed by atoms with Crippen LogP contribution >= 0.6 is 23.2 Å². The summed E-state index contributed by atoms with van der Waals surface area (Å²) in [5.74, 6) is -0.295. The summed E-state index contributed by atoms with van der Waals surface area (Å²) < 4.78 is 4.95. The fourth-order valence-electron chi connectivity index (χ4n) is 2.43. The van der Waals surface area contributed by atoms with Gasteiger partial charge < -0.3 is 10.1 Å². The van der Waals surface area contributed by atoms with Gasteiger partial charge in [-0.3, -0.25) is 4.90 Å². The average Bonchev–Trinajstić information content (AvgIpc) is 2.70. The molecule has 1 aromatic carbocycles. The highest BCUT2D eigenvalue weighted by molar-refractivity contribution is 6.35. The van der Waals surface area contributed by atoms with E-state index in [0.717, 1.165) is 38.2 Å². The molecule has 1 atom stereocenters. The zero-order valence-electron chi connectivity index (χ0n) is 11.4. The molecule has 1 N–H and O–H groups in total. The van der Waals surface area contributed by atoms with E-state index >= 15 is 0 Å². The van der Waals surface area contributed by atoms with E-state index in [-0.39, 0.29) is 5.97 Å². The van der Waals surface area contributed by atoms with E-state index in [1.54, 1.807) is 18.2 Å². The lowest BCUT2D eigenvalue weighted by Gasteiger charge is -2.29. The summed E-state index contributed by atoms with van der Waals surface area (Å²) in [5.41, 5.74) is 0.741. The molecule has 4 nitrogen and oxygen atoms in total. The predicted octanol–water partition coefficient (Wildman–Crippen LogP) is 2.50. The first-order chi connectivity index (χ1) is 9.63. The van der Waals surface area contributed by atoms with Crippen LogP contribution < -0.4 is 5.32 Å². The third-order valence-corrected chi connectivity index (χ3v) is 3.98. The highest BCUT2D eigenvalue weighted by atomic mass is 35.5. The largest absolute Gasteiger partial charge is 0.468 e. The second kappa shape index (κ2) is 7.27. The topological polar surface area (TPSA) is 41.6 Å². The molecule has 6 heteroatoms. The lowest BCUT2D eigenvalue weighted by molar-refractivity contribution is -0.147. The Morgan fingerprint density at radius 2 is 2.15 bits per heavy atom. The maximum atomic E-state index is 12.2. The van der Waals surface area contributed by atoms with E-state index in [1.165, 1.54) is 7.11 Å². The predicted molar refractivity (Wildman–Crippen MR) is 80.3 cm³/mol. The minimum Gasteiger partial charge on any atom is -0.468 e. The fourth-order valence-corrected chi connectivity index (χ4v) is 2.94. The van der Waals surface area contributed by atoms with E-state index in [1.807, 2.05) is 0 Å². The van der Waals surface area contributed by atoms with Crippen molar-refractivity contribution in [2.45, 2.75) is 12.5 Å². The maximum absolute atomic E-state index is 12.2. The van der Waals surface area contributed by atoms with Gasteiger partial charge in [-0.05, 0) is 30.7 Å². The molecule has 1 unspecified atom stereocenters. The number of carbonyl (C=O) groups excluding carboxylic acids is 1. The van der Waals surface area contributed by atoms with Crippen molar-refractivity contribution in [3.8, 4) is 0 Å². The molecular weight excluding hydrogens is 299 g/mol. The van der Waals surface area contributed by atoms with Gasteiger partial charge in [-0.25, -0.2) is 4.79 Å². The zero-order chi connectivity index (χ0) is 14.5. The lowest BCUT2D eigenvalue weighted by atomic mass is 10.0. The Balaban J connectivity index is 2.33. The summed E-state index contributed by atoms with van der Waals surface area (Å²) in [6.45, 7) is 3.40. The highest BCUT2D eigenvalue weighted by Crippen LogP contribution is 2.31. The number of esters is 1. The molecule has 1 aliphatic rings. The molecule has 110 valence electrons. The molecule has 1 heterocycles. The summed E-state index contributed by atoms with van der Waals surface area (Å²) in [7, 11) is 1.40. The Bertz CT molecular complexity index is 474. The van der Waals surface area contributed by atoms with Crippen LogP contribution in [0, 0.1) is 0 Å². The van der Waals surface area contributed by atoms with Crippen molar-refractivity contribution >= 4 is 29.2 Å². The number of ether oxygens (including phenoxy) is 1. The van der Waals surface area contributed by atoms with Gasteiger partial charge in [0.15, 0.2) is 0 Å². The Kier molecular flexibility index (Phi) is 5.66. The Hall–Kier alpha value is -0.810. The molecule has 0 bridgehead atoms. The van der Waals surface area contributed by atoms with Gasteiger partial charge >= 0.3 is 5.97 Å². The van der Waals surface area contributed by atoms with Crippen molar-refractivity contribution in [3.63, 3.8) is 0 Å². The number of hydrogen-bond donors (Lipinski definition) is 1. The van der Waals surface area contributed by atoms with Crippen LogP contribution in [-0.4, -0.2) is 44.2 Å². The number of carbonyl (C=O) groups is 1. The highest BCUT2D eigenvalue weighted by Gasteiger charge is 2.30. The van der Waals surface area contributed by atoms with E-state index in [0.29, 0.717) is 10.0 Å². The van der Waals surface area contributed by atoms with Crippen LogP contribution in [0.4, 0.5) is 0 Å². The van der Waals surface area contributed by atoms with Gasteiger partial charge in [0.25, 0.3) is 0 Å². The summed E-state index contributed by atoms with van der Waals surface area (Å²) in [4.78, 5) is 14.3. The van der Waals surface area contributed by atoms with E-state index in [2.05, 4.69) is 10.2 Å². The average molecular weight is 317 g/mol. The number of nitrogens with zero attached hydrogens (tertiary/aromatic N) is 1. The SMILES string of the molecule is COC(=O)C(c1ccc(Cl)cc1Cl)N1CCCNCC1. The number of nitrogens with one attached hydrogen (secondary N) is 1. The number of hydrogen-bond acceptors (Lipinski definition) is 4. The maximum Gasteiger partial charge on any atom is 0.327 e. The minimum atomic E-state index is -0.482. The zero-order valence-corrected chi connectivity index (χ0v) is 12.9. The second-order valence-electron chi connectivity index (χ2n) is 4.73. The number of rotatable bonds is 3. The van der Waals surface area contributed by atoms with Gasteiger partial charge in [0, 0.05) is 29.7 Å². The van der Waals surface area contributed by atoms with Gasteiger partial charge in [0.05, 0.1) is 7.11 Å². The van der Waals surface area contributed by atoms with Crippen LogP contribution in [-0.2, 0) is 9.53 Å². The van der Waals surface area contributed by atoms with Crippen LogP contribution in [0.5, 0.6) is 0 Å². The number of methoxy groups -OCH3 is 1. The fraction of sp³-hybridized carbons (Fsp3) is 0.500. The molecule has 0 aliphatic carbocycles. The second-order valence-corrected chi connectivity index (χ2v) is 5.57. The smallest absolute Gasteiger partial charge is 0.327 e. The lowest BCUT2D eigenvalue weighted by Crippen LogP contribution is -2.37. The molecule has 1 fully saturated rings. The molecule has 1 saturated heterocycles. The van der Waals surface area contributed by atoms with Gasteiger partial charge in [-0.1, -0.05) is 29.3 Å². The molecule has 0 saturated carbocycles. The summed E-state index contributed by atoms with van der Waals surface area (Å²) >= 11 is 12.2. The molecule has 2 rings (SSSR count). The molecular formula is C14H18Cl2N2O2. The first kappa shape index (κ1) is 15.6. The van der Waals surface area contributed by atoms with Crippen molar-refractivity contribution in [3.05, 3.63) is 33.8 Å². The summed E-state index contributed by atoms with van der Waals surface area (Å²) in [6, 6.07) is 4.72. The van der Waals surface area contributed by atoms with Crippen molar-refractivity contribution in [2.75, 3.05) is 33.3 Å². The standard InChI is InChI=1S/C14H18Cl2N2O2/c1-20-14(19)13(18-7-2-5-17-6-8-18)11-4-3-10(15)9-12(11)16/h3-4,9,13,17H,2,5-8H2,1H3. The number of halogens is 2. The molecule has 1 aliphatic heterocycles. The van der Waals surface area contributed by atoms with E-state index < -0.39 is 6.04 Å². The molecule has 0 aromatic heterocycles.